The van der Waals surface area contributed by atoms with Crippen LogP contribution in [0.5, 0.6) is 0 Å². The summed E-state index contributed by atoms with van der Waals surface area (Å²) >= 11 is 0. The quantitative estimate of drug-likeness (QED) is 0.464. The van der Waals surface area contributed by atoms with Crippen molar-refractivity contribution in [3.63, 3.8) is 0 Å². The number of aryl methyl sites for hydroxylation is 2. The van der Waals surface area contributed by atoms with Gasteiger partial charge < -0.3 is 4.90 Å². The normalized spacial score (nSPS) is 18.9. The van der Waals surface area contributed by atoms with Gasteiger partial charge in [0.25, 0.3) is 11.8 Å². The Morgan fingerprint density at radius 2 is 1.57 bits per heavy atom. The molecule has 0 saturated carbocycles. The monoisotopic (exact) mass is 495 g/mol. The molecule has 3 aromatic carbocycles. The van der Waals surface area contributed by atoms with Crippen molar-refractivity contribution in [2.45, 2.75) is 51.7 Å². The molecule has 0 bridgehead atoms. The molecular weight excluding hydrogens is 462 g/mol. The van der Waals surface area contributed by atoms with E-state index in [1.54, 1.807) is 23.1 Å². The summed E-state index contributed by atoms with van der Waals surface area (Å²) in [6.07, 6.45) is 1.52. The fourth-order valence-electron chi connectivity index (χ4n) is 5.48. The molecule has 2 aliphatic heterocycles. The SMILES string of the molecule is Cc1ccc(N2C(=O)CC(N(C(=O)c3cccc(C)c3)C3CCN(Cc4ccccc4)CC3)C2=O)cc1. The van der Waals surface area contributed by atoms with E-state index in [1.165, 1.54) is 10.5 Å². The van der Waals surface area contributed by atoms with Crippen LogP contribution in [0.3, 0.4) is 0 Å². The number of nitrogens with zero attached hydrogens (tertiary/aromatic N) is 3. The second kappa shape index (κ2) is 10.7. The van der Waals surface area contributed by atoms with Gasteiger partial charge in [0.05, 0.1) is 12.1 Å². The molecule has 6 nitrogen and oxygen atoms in total. The van der Waals surface area contributed by atoms with Crippen LogP contribution in [-0.4, -0.2) is 52.7 Å². The maximum Gasteiger partial charge on any atom is 0.257 e. The molecule has 0 N–H and O–H groups in total. The van der Waals surface area contributed by atoms with Gasteiger partial charge in [-0.2, -0.15) is 0 Å². The first-order valence-electron chi connectivity index (χ1n) is 13.0. The predicted octanol–water partition coefficient (Wildman–Crippen LogP) is 4.74. The predicted molar refractivity (Wildman–Crippen MR) is 144 cm³/mol. The van der Waals surface area contributed by atoms with Crippen molar-refractivity contribution in [2.75, 3.05) is 18.0 Å². The molecule has 0 aliphatic carbocycles. The van der Waals surface area contributed by atoms with Gasteiger partial charge in [0.1, 0.15) is 6.04 Å². The molecule has 5 rings (SSSR count). The highest BCUT2D eigenvalue weighted by atomic mass is 16.2. The topological polar surface area (TPSA) is 60.9 Å². The molecule has 37 heavy (non-hydrogen) atoms. The van der Waals surface area contributed by atoms with Gasteiger partial charge in [-0.3, -0.25) is 19.3 Å². The Labute approximate surface area is 218 Å². The van der Waals surface area contributed by atoms with E-state index in [4.69, 9.17) is 0 Å². The minimum atomic E-state index is -0.799. The highest BCUT2D eigenvalue weighted by Gasteiger charge is 2.47. The molecule has 2 saturated heterocycles. The van der Waals surface area contributed by atoms with E-state index in [9.17, 15) is 14.4 Å². The maximum absolute atomic E-state index is 13.9. The summed E-state index contributed by atoms with van der Waals surface area (Å²) < 4.78 is 0. The largest absolute Gasteiger partial charge is 0.323 e. The summed E-state index contributed by atoms with van der Waals surface area (Å²) in [5.74, 6) is -0.758. The van der Waals surface area contributed by atoms with Gasteiger partial charge in [-0.25, -0.2) is 4.90 Å². The average molecular weight is 496 g/mol. The number of carbonyl (C=O) groups is 3. The van der Waals surface area contributed by atoms with Crippen molar-refractivity contribution in [3.8, 4) is 0 Å². The molecule has 190 valence electrons. The highest BCUT2D eigenvalue weighted by molar-refractivity contribution is 6.23. The van der Waals surface area contributed by atoms with Crippen molar-refractivity contribution >= 4 is 23.4 Å². The second-order valence-electron chi connectivity index (χ2n) is 10.2. The first-order chi connectivity index (χ1) is 17.9. The minimum absolute atomic E-state index is 0.00843. The molecule has 2 heterocycles. The maximum atomic E-state index is 13.9. The Balaban J connectivity index is 1.39. The van der Waals surface area contributed by atoms with E-state index >= 15 is 0 Å². The minimum Gasteiger partial charge on any atom is -0.323 e. The standard InChI is InChI=1S/C31H33N3O3/c1-22-11-13-26(14-12-22)34-29(35)20-28(31(34)37)33(30(36)25-10-6-7-23(2)19-25)27-15-17-32(18-16-27)21-24-8-4-3-5-9-24/h3-14,19,27-28H,15-18,20-21H2,1-2H3. The van der Waals surface area contributed by atoms with Crippen LogP contribution in [-0.2, 0) is 16.1 Å². The summed E-state index contributed by atoms with van der Waals surface area (Å²) in [6.45, 7) is 6.43. The number of likely N-dealkylation sites (tertiary alicyclic amines) is 1. The molecule has 3 amide bonds. The number of imide groups is 1. The molecule has 0 aromatic heterocycles. The molecule has 1 atom stereocenters. The van der Waals surface area contributed by atoms with Gasteiger partial charge in [-0.1, -0.05) is 65.7 Å². The number of hydrogen-bond donors (Lipinski definition) is 0. The zero-order valence-electron chi connectivity index (χ0n) is 21.5. The van der Waals surface area contributed by atoms with E-state index in [0.29, 0.717) is 11.3 Å². The van der Waals surface area contributed by atoms with Crippen LogP contribution in [0.4, 0.5) is 5.69 Å². The Bertz CT molecular complexity index is 1280. The molecule has 0 spiro atoms. The summed E-state index contributed by atoms with van der Waals surface area (Å²) in [6, 6.07) is 24.3. The van der Waals surface area contributed by atoms with Crippen molar-refractivity contribution in [1.29, 1.82) is 0 Å². The molecule has 1 unspecified atom stereocenters. The van der Waals surface area contributed by atoms with Gasteiger partial charge in [0.15, 0.2) is 0 Å². The fraction of sp³-hybridized carbons (Fsp3) is 0.323. The van der Waals surface area contributed by atoms with Crippen LogP contribution in [0.1, 0.15) is 46.3 Å². The number of benzene rings is 3. The molecular formula is C31H33N3O3. The first kappa shape index (κ1) is 24.9. The van der Waals surface area contributed by atoms with Crippen LogP contribution < -0.4 is 4.90 Å². The Hall–Kier alpha value is -3.77. The number of piperidine rings is 1. The van der Waals surface area contributed by atoms with Crippen LogP contribution in [0.2, 0.25) is 0 Å². The first-order valence-corrected chi connectivity index (χ1v) is 13.0. The third-order valence-corrected chi connectivity index (χ3v) is 7.45. The zero-order chi connectivity index (χ0) is 25.9. The lowest BCUT2D eigenvalue weighted by Crippen LogP contribution is -2.54. The number of rotatable bonds is 6. The lowest BCUT2D eigenvalue weighted by atomic mass is 9.98. The molecule has 3 aromatic rings. The highest BCUT2D eigenvalue weighted by Crippen LogP contribution is 2.31. The van der Waals surface area contributed by atoms with Crippen molar-refractivity contribution in [2.24, 2.45) is 0 Å². The Kier molecular flexibility index (Phi) is 7.19. The van der Waals surface area contributed by atoms with Crippen molar-refractivity contribution in [3.05, 3.63) is 101 Å². The lowest BCUT2D eigenvalue weighted by Gasteiger charge is -2.40. The van der Waals surface area contributed by atoms with Gasteiger partial charge in [0, 0.05) is 31.2 Å². The van der Waals surface area contributed by atoms with E-state index in [1.807, 2.05) is 62.4 Å². The van der Waals surface area contributed by atoms with Crippen LogP contribution in [0.15, 0.2) is 78.9 Å². The molecule has 2 fully saturated rings. The molecule has 0 radical (unpaired) electrons. The fourth-order valence-corrected chi connectivity index (χ4v) is 5.48. The summed E-state index contributed by atoms with van der Waals surface area (Å²) in [7, 11) is 0. The van der Waals surface area contributed by atoms with E-state index < -0.39 is 6.04 Å². The van der Waals surface area contributed by atoms with Gasteiger partial charge in [-0.05, 0) is 56.5 Å². The van der Waals surface area contributed by atoms with E-state index in [-0.39, 0.29) is 30.2 Å². The molecule has 6 heteroatoms. The summed E-state index contributed by atoms with van der Waals surface area (Å²) in [4.78, 5) is 46.1. The third-order valence-electron chi connectivity index (χ3n) is 7.45. The molecule has 2 aliphatic rings. The Morgan fingerprint density at radius 1 is 0.865 bits per heavy atom. The number of carbonyl (C=O) groups excluding carboxylic acids is 3. The number of anilines is 1. The second-order valence-corrected chi connectivity index (χ2v) is 10.2. The summed E-state index contributed by atoms with van der Waals surface area (Å²) in [5, 5.41) is 0. The zero-order valence-corrected chi connectivity index (χ0v) is 21.5. The lowest BCUT2D eigenvalue weighted by molar-refractivity contribution is -0.123. The van der Waals surface area contributed by atoms with Crippen LogP contribution in [0, 0.1) is 13.8 Å². The smallest absolute Gasteiger partial charge is 0.257 e. The number of hydrogen-bond acceptors (Lipinski definition) is 4. The van der Waals surface area contributed by atoms with E-state index in [0.717, 1.165) is 43.6 Å². The van der Waals surface area contributed by atoms with Crippen LogP contribution >= 0.6 is 0 Å². The van der Waals surface area contributed by atoms with Gasteiger partial charge in [0.2, 0.25) is 5.91 Å². The van der Waals surface area contributed by atoms with Crippen LogP contribution in [0.25, 0.3) is 0 Å². The van der Waals surface area contributed by atoms with Gasteiger partial charge >= 0.3 is 0 Å². The summed E-state index contributed by atoms with van der Waals surface area (Å²) in [5.41, 5.74) is 4.42. The average Bonchev–Trinajstić information content (AvgIpc) is 3.19. The van der Waals surface area contributed by atoms with Crippen molar-refractivity contribution in [1.82, 2.24) is 9.80 Å². The Morgan fingerprint density at radius 3 is 2.24 bits per heavy atom. The van der Waals surface area contributed by atoms with Crippen molar-refractivity contribution < 1.29 is 14.4 Å². The third kappa shape index (κ3) is 5.35. The van der Waals surface area contributed by atoms with Gasteiger partial charge in [-0.15, -0.1) is 0 Å². The number of amides is 3. The van der Waals surface area contributed by atoms with E-state index in [2.05, 4.69) is 17.0 Å².